The van der Waals surface area contributed by atoms with Gasteiger partial charge in [0.2, 0.25) is 0 Å². The first-order valence-electron chi connectivity index (χ1n) is 7.84. The van der Waals surface area contributed by atoms with Crippen LogP contribution in [-0.2, 0) is 9.53 Å². The molecule has 0 amide bonds. The van der Waals surface area contributed by atoms with E-state index in [0.29, 0.717) is 15.6 Å². The molecule has 2 N–H and O–H groups in total. The Morgan fingerprint density at radius 1 is 1.08 bits per heavy atom. The van der Waals surface area contributed by atoms with E-state index >= 15 is 0 Å². The molecule has 0 aliphatic carbocycles. The second-order valence-corrected chi connectivity index (χ2v) is 6.70. The van der Waals surface area contributed by atoms with Crippen molar-refractivity contribution in [1.82, 2.24) is 0 Å². The van der Waals surface area contributed by atoms with Gasteiger partial charge in [0.25, 0.3) is 0 Å². The van der Waals surface area contributed by atoms with Crippen molar-refractivity contribution in [2.45, 2.75) is 6.92 Å². The van der Waals surface area contributed by atoms with Crippen LogP contribution in [0.1, 0.15) is 11.1 Å². The van der Waals surface area contributed by atoms with E-state index in [2.05, 4.69) is 4.99 Å². The fourth-order valence-corrected chi connectivity index (χ4v) is 3.38. The summed E-state index contributed by atoms with van der Waals surface area (Å²) >= 11 is 1.19. The molecule has 1 aliphatic heterocycles. The number of aryl methyl sites for hydroxylation is 1. The molecule has 0 bridgehead atoms. The van der Waals surface area contributed by atoms with Crippen LogP contribution in [-0.4, -0.2) is 28.3 Å². The van der Waals surface area contributed by atoms with E-state index < -0.39 is 5.97 Å². The number of thioether (sulfide) groups is 1. The smallest absolute Gasteiger partial charge is 0.344 e. The summed E-state index contributed by atoms with van der Waals surface area (Å²) in [6.07, 6.45) is 1.72. The maximum Gasteiger partial charge on any atom is 0.344 e. The van der Waals surface area contributed by atoms with E-state index in [1.165, 1.54) is 18.9 Å². The van der Waals surface area contributed by atoms with Crippen molar-refractivity contribution in [3.63, 3.8) is 0 Å². The van der Waals surface area contributed by atoms with Crippen molar-refractivity contribution < 1.29 is 19.7 Å². The van der Waals surface area contributed by atoms with Gasteiger partial charge < -0.3 is 14.9 Å². The molecular weight excluding hydrogens is 350 g/mol. The number of nitrogens with zero attached hydrogens (tertiary/aromatic N) is 1. The van der Waals surface area contributed by atoms with Crippen molar-refractivity contribution in [2.75, 3.05) is 7.11 Å². The summed E-state index contributed by atoms with van der Waals surface area (Å²) in [6, 6.07) is 14.1. The van der Waals surface area contributed by atoms with Crippen LogP contribution >= 0.6 is 11.8 Å². The summed E-state index contributed by atoms with van der Waals surface area (Å²) in [5, 5.41) is 20.3. The van der Waals surface area contributed by atoms with Crippen molar-refractivity contribution in [3.8, 4) is 5.75 Å². The van der Waals surface area contributed by atoms with Gasteiger partial charge in [-0.25, -0.2) is 9.79 Å². The predicted octanol–water partition coefficient (Wildman–Crippen LogP) is 4.50. The molecule has 5 nitrogen and oxygen atoms in total. The second kappa shape index (κ2) is 7.49. The number of benzene rings is 2. The molecule has 0 atom stereocenters. The fourth-order valence-electron chi connectivity index (χ4n) is 2.35. The average Bonchev–Trinajstić information content (AvgIpc) is 2.93. The Labute approximate surface area is 155 Å². The number of phenolic OH excluding ortho intramolecular Hbond substituents is 1. The third kappa shape index (κ3) is 3.81. The number of hydrogen-bond donors (Lipinski definition) is 2. The SMILES string of the molecule is COC(=O)C1=C(O)/C(=C\c2ccc(O)cc2)SC1=Nc1ccc(C)cc1. The summed E-state index contributed by atoms with van der Waals surface area (Å²) in [7, 11) is 1.26. The Kier molecular flexibility index (Phi) is 5.14. The Balaban J connectivity index is 2.02. The summed E-state index contributed by atoms with van der Waals surface area (Å²) in [4.78, 5) is 17.1. The van der Waals surface area contributed by atoms with Gasteiger partial charge in [-0.05, 0) is 42.8 Å². The number of aliphatic hydroxyl groups excluding tert-OH is 1. The van der Waals surface area contributed by atoms with Gasteiger partial charge in [-0.3, -0.25) is 0 Å². The highest BCUT2D eigenvalue weighted by molar-refractivity contribution is 8.18. The van der Waals surface area contributed by atoms with E-state index in [4.69, 9.17) is 4.74 Å². The van der Waals surface area contributed by atoms with Crippen molar-refractivity contribution in [1.29, 1.82) is 0 Å². The number of esters is 1. The normalized spacial score (nSPS) is 17.2. The van der Waals surface area contributed by atoms with Gasteiger partial charge in [0.15, 0.2) is 0 Å². The zero-order chi connectivity index (χ0) is 18.7. The minimum absolute atomic E-state index is 0.0445. The Hall–Kier alpha value is -2.99. The van der Waals surface area contributed by atoms with Gasteiger partial charge in [-0.2, -0.15) is 0 Å². The zero-order valence-corrected chi connectivity index (χ0v) is 15.1. The molecule has 26 heavy (non-hydrogen) atoms. The van der Waals surface area contributed by atoms with Crippen LogP contribution in [0.4, 0.5) is 5.69 Å². The molecule has 2 aromatic rings. The number of ether oxygens (including phenoxy) is 1. The predicted molar refractivity (Wildman–Crippen MR) is 104 cm³/mol. The minimum atomic E-state index is -0.644. The zero-order valence-electron chi connectivity index (χ0n) is 14.3. The lowest BCUT2D eigenvalue weighted by molar-refractivity contribution is -0.135. The van der Waals surface area contributed by atoms with Crippen LogP contribution in [0, 0.1) is 6.92 Å². The molecule has 0 saturated carbocycles. The summed E-state index contributed by atoms with van der Waals surface area (Å²) in [6.45, 7) is 1.98. The lowest BCUT2D eigenvalue weighted by Crippen LogP contribution is -2.10. The van der Waals surface area contributed by atoms with E-state index in [1.54, 1.807) is 30.3 Å². The quantitative estimate of drug-likeness (QED) is 0.781. The number of aliphatic imine (C=N–C) groups is 1. The first kappa shape index (κ1) is 17.8. The summed E-state index contributed by atoms with van der Waals surface area (Å²) in [5.74, 6) is -0.654. The third-order valence-corrected chi connectivity index (χ3v) is 4.76. The maximum atomic E-state index is 12.1. The van der Waals surface area contributed by atoms with Crippen molar-refractivity contribution in [3.05, 3.63) is 75.9 Å². The number of phenols is 1. The second-order valence-electron chi connectivity index (χ2n) is 5.67. The topological polar surface area (TPSA) is 79.1 Å². The number of carbonyl (C=O) groups excluding carboxylic acids is 1. The average molecular weight is 367 g/mol. The molecule has 0 aromatic heterocycles. The lowest BCUT2D eigenvalue weighted by atomic mass is 10.1. The molecule has 3 rings (SSSR count). The Morgan fingerprint density at radius 3 is 2.35 bits per heavy atom. The van der Waals surface area contributed by atoms with Gasteiger partial charge in [0, 0.05) is 0 Å². The van der Waals surface area contributed by atoms with Gasteiger partial charge in [0.1, 0.15) is 22.1 Å². The van der Waals surface area contributed by atoms with E-state index in [9.17, 15) is 15.0 Å². The monoisotopic (exact) mass is 367 g/mol. The molecule has 0 fully saturated rings. The first-order valence-corrected chi connectivity index (χ1v) is 8.66. The molecule has 6 heteroatoms. The highest BCUT2D eigenvalue weighted by atomic mass is 32.2. The molecule has 2 aromatic carbocycles. The Bertz CT molecular complexity index is 925. The number of carbonyl (C=O) groups is 1. The Morgan fingerprint density at radius 2 is 1.73 bits per heavy atom. The molecule has 0 unspecified atom stereocenters. The number of aliphatic hydroxyl groups is 1. The van der Waals surface area contributed by atoms with Gasteiger partial charge in [-0.15, -0.1) is 0 Å². The summed E-state index contributed by atoms with van der Waals surface area (Å²) in [5.41, 5.74) is 2.60. The van der Waals surface area contributed by atoms with E-state index in [-0.39, 0.29) is 17.1 Å². The third-order valence-electron chi connectivity index (χ3n) is 3.74. The minimum Gasteiger partial charge on any atom is -0.508 e. The molecular formula is C20H17NO4S. The molecule has 1 heterocycles. The van der Waals surface area contributed by atoms with Crippen LogP contribution < -0.4 is 0 Å². The van der Waals surface area contributed by atoms with Crippen molar-refractivity contribution in [2.24, 2.45) is 4.99 Å². The fraction of sp³-hybridized carbons (Fsp3) is 0.100. The molecule has 0 radical (unpaired) electrons. The highest BCUT2D eigenvalue weighted by Crippen LogP contribution is 2.40. The van der Waals surface area contributed by atoms with Crippen LogP contribution in [0.2, 0.25) is 0 Å². The molecule has 0 spiro atoms. The molecule has 0 saturated heterocycles. The number of methoxy groups -OCH3 is 1. The van der Waals surface area contributed by atoms with Gasteiger partial charge in [0.05, 0.1) is 17.7 Å². The van der Waals surface area contributed by atoms with Crippen LogP contribution in [0.25, 0.3) is 6.08 Å². The van der Waals surface area contributed by atoms with E-state index in [1.807, 2.05) is 31.2 Å². The number of rotatable bonds is 3. The first-order chi connectivity index (χ1) is 12.5. The highest BCUT2D eigenvalue weighted by Gasteiger charge is 2.32. The molecule has 132 valence electrons. The summed E-state index contributed by atoms with van der Waals surface area (Å²) < 4.78 is 4.79. The maximum absolute atomic E-state index is 12.1. The lowest BCUT2D eigenvalue weighted by Gasteiger charge is -2.02. The van der Waals surface area contributed by atoms with Crippen LogP contribution in [0.15, 0.2) is 69.8 Å². The van der Waals surface area contributed by atoms with Gasteiger partial charge >= 0.3 is 5.97 Å². The van der Waals surface area contributed by atoms with E-state index in [0.717, 1.165) is 11.1 Å². The largest absolute Gasteiger partial charge is 0.508 e. The molecule has 1 aliphatic rings. The van der Waals surface area contributed by atoms with Crippen molar-refractivity contribution >= 4 is 34.5 Å². The standard InChI is InChI=1S/C20H17NO4S/c1-12-3-7-14(8-4-12)21-19-17(20(24)25-2)18(23)16(26-19)11-13-5-9-15(22)10-6-13/h3-11,22-23H,1-2H3/b16-11+,21-19?. The van der Waals surface area contributed by atoms with Gasteiger partial charge in [-0.1, -0.05) is 41.6 Å². The number of aromatic hydroxyl groups is 1. The number of hydrogen-bond acceptors (Lipinski definition) is 6. The van der Waals surface area contributed by atoms with Crippen LogP contribution in [0.5, 0.6) is 5.75 Å². The van der Waals surface area contributed by atoms with Crippen LogP contribution in [0.3, 0.4) is 0 Å².